The lowest BCUT2D eigenvalue weighted by Gasteiger charge is -1.79. The Bertz CT molecular complexity index is 24.1. The van der Waals surface area contributed by atoms with Crippen molar-refractivity contribution in [3.63, 3.8) is 0 Å². The maximum absolute atomic E-state index is 8.06. The molecule has 0 aromatic heterocycles. The second-order valence-corrected chi connectivity index (χ2v) is 0.801. The second-order valence-electron chi connectivity index (χ2n) is 0.801. The van der Waals surface area contributed by atoms with Crippen LogP contribution in [0.5, 0.6) is 0 Å². The van der Waals surface area contributed by atoms with Crippen molar-refractivity contribution in [1.29, 1.82) is 0 Å². The summed E-state index contributed by atoms with van der Waals surface area (Å²) in [7, 11) is 1.72. The van der Waals surface area contributed by atoms with Crippen LogP contribution in [0.1, 0.15) is 6.42 Å². The van der Waals surface area contributed by atoms with E-state index in [4.69, 9.17) is 14.8 Å². The highest BCUT2D eigenvalue weighted by atomic mass is 31.0. The first-order valence-corrected chi connectivity index (χ1v) is 2.24. The molecular formula is C3H9O3P. The van der Waals surface area contributed by atoms with Crippen molar-refractivity contribution < 1.29 is 14.8 Å². The molecular weight excluding hydrogens is 115 g/mol. The van der Waals surface area contributed by atoms with Crippen LogP contribution in [0, 0.1) is 0 Å². The molecule has 2 N–H and O–H groups in total. The van der Waals surface area contributed by atoms with Gasteiger partial charge in [-0.3, -0.25) is 4.57 Å². The lowest BCUT2D eigenvalue weighted by Crippen LogP contribution is -1.85. The van der Waals surface area contributed by atoms with Gasteiger partial charge in [0.1, 0.15) is 9.12 Å². The molecule has 0 spiro atoms. The van der Waals surface area contributed by atoms with Crippen LogP contribution in [0.15, 0.2) is 0 Å². The molecule has 0 atom stereocenters. The molecule has 0 radical (unpaired) electrons. The van der Waals surface area contributed by atoms with Gasteiger partial charge in [-0.25, -0.2) is 0 Å². The zero-order chi connectivity index (χ0) is 6.12. The monoisotopic (exact) mass is 124 g/mol. The summed E-state index contributed by atoms with van der Waals surface area (Å²) < 4.78 is 8.06. The van der Waals surface area contributed by atoms with E-state index in [0.717, 1.165) is 0 Å². The Kier molecular flexibility index (Phi) is 24.0. The van der Waals surface area contributed by atoms with Crippen LogP contribution in [-0.4, -0.2) is 23.4 Å². The number of rotatable bonds is 2. The standard InChI is InChI=1S/C3H8O2.HOP/c4-2-1-3-5;1-2/h4-5H,1-3H2;2H. The molecule has 0 heterocycles. The molecule has 0 aliphatic rings. The lowest BCUT2D eigenvalue weighted by atomic mass is 10.5. The van der Waals surface area contributed by atoms with Gasteiger partial charge >= 0.3 is 0 Å². The van der Waals surface area contributed by atoms with Crippen LogP contribution in [-0.2, 0) is 4.57 Å². The molecule has 7 heavy (non-hydrogen) atoms. The molecule has 0 aromatic carbocycles. The zero-order valence-corrected chi connectivity index (χ0v) is 4.92. The van der Waals surface area contributed by atoms with Crippen LogP contribution in [0.4, 0.5) is 0 Å². The molecule has 0 aromatic rings. The van der Waals surface area contributed by atoms with Gasteiger partial charge in [-0.1, -0.05) is 0 Å². The third-order valence-electron chi connectivity index (χ3n) is 0.316. The smallest absolute Gasteiger partial charge is 0.138 e. The average molecular weight is 124 g/mol. The third kappa shape index (κ3) is 23.8. The van der Waals surface area contributed by atoms with Crippen molar-refractivity contribution in [2.45, 2.75) is 6.42 Å². The molecule has 0 rings (SSSR count). The minimum absolute atomic E-state index is 0.0938. The minimum Gasteiger partial charge on any atom is -0.396 e. The van der Waals surface area contributed by atoms with Crippen molar-refractivity contribution >= 4 is 9.12 Å². The van der Waals surface area contributed by atoms with E-state index >= 15 is 0 Å². The fourth-order valence-electron chi connectivity index (χ4n) is 0.0707. The molecule has 0 aliphatic heterocycles. The number of aliphatic hydroxyl groups is 2. The summed E-state index contributed by atoms with van der Waals surface area (Å²) in [4.78, 5) is 0. The van der Waals surface area contributed by atoms with Crippen LogP contribution in [0.25, 0.3) is 0 Å². The summed E-state index contributed by atoms with van der Waals surface area (Å²) in [6.45, 7) is 0.188. The highest BCUT2D eigenvalue weighted by Gasteiger charge is 1.70. The molecule has 0 bridgehead atoms. The molecule has 0 aliphatic carbocycles. The van der Waals surface area contributed by atoms with Crippen molar-refractivity contribution in [1.82, 2.24) is 0 Å². The molecule has 44 valence electrons. The quantitative estimate of drug-likeness (QED) is 0.502. The summed E-state index contributed by atoms with van der Waals surface area (Å²) >= 11 is 0. The van der Waals surface area contributed by atoms with Gasteiger partial charge in [-0.2, -0.15) is 0 Å². The van der Waals surface area contributed by atoms with Crippen LogP contribution in [0.3, 0.4) is 0 Å². The van der Waals surface area contributed by atoms with Crippen molar-refractivity contribution in [2.75, 3.05) is 13.2 Å². The fourth-order valence-corrected chi connectivity index (χ4v) is 0.0707. The minimum atomic E-state index is 0.0938. The summed E-state index contributed by atoms with van der Waals surface area (Å²) in [6.07, 6.45) is 0.500. The Morgan fingerprint density at radius 2 is 1.43 bits per heavy atom. The van der Waals surface area contributed by atoms with Crippen LogP contribution in [0.2, 0.25) is 0 Å². The molecule has 0 amide bonds. The fraction of sp³-hybridized carbons (Fsp3) is 1.00. The van der Waals surface area contributed by atoms with Crippen molar-refractivity contribution in [3.05, 3.63) is 0 Å². The van der Waals surface area contributed by atoms with E-state index in [9.17, 15) is 0 Å². The van der Waals surface area contributed by atoms with Gasteiger partial charge in [0, 0.05) is 13.2 Å². The second kappa shape index (κ2) is 16.6. The zero-order valence-electron chi connectivity index (χ0n) is 3.92. The Hall–Kier alpha value is 0.0200. The molecule has 0 saturated carbocycles. The largest absolute Gasteiger partial charge is 0.396 e. The Morgan fingerprint density at radius 1 is 1.14 bits per heavy atom. The van der Waals surface area contributed by atoms with Crippen LogP contribution >= 0.6 is 9.12 Å². The van der Waals surface area contributed by atoms with Gasteiger partial charge in [0.2, 0.25) is 0 Å². The van der Waals surface area contributed by atoms with Crippen molar-refractivity contribution in [2.24, 2.45) is 0 Å². The van der Waals surface area contributed by atoms with Gasteiger partial charge in [0.05, 0.1) is 0 Å². The maximum atomic E-state index is 8.06. The summed E-state index contributed by atoms with van der Waals surface area (Å²) in [5, 5.41) is 15.8. The third-order valence-corrected chi connectivity index (χ3v) is 0.316. The summed E-state index contributed by atoms with van der Waals surface area (Å²) in [5.74, 6) is 0. The van der Waals surface area contributed by atoms with Gasteiger partial charge in [0.15, 0.2) is 0 Å². The highest BCUT2D eigenvalue weighted by Crippen LogP contribution is 1.65. The van der Waals surface area contributed by atoms with E-state index in [1.165, 1.54) is 0 Å². The number of hydrogen-bond donors (Lipinski definition) is 2. The van der Waals surface area contributed by atoms with E-state index < -0.39 is 0 Å². The Morgan fingerprint density at radius 3 is 1.43 bits per heavy atom. The van der Waals surface area contributed by atoms with Gasteiger partial charge in [-0.15, -0.1) is 0 Å². The van der Waals surface area contributed by atoms with E-state index in [1.807, 2.05) is 0 Å². The van der Waals surface area contributed by atoms with Gasteiger partial charge in [-0.05, 0) is 6.42 Å². The van der Waals surface area contributed by atoms with E-state index in [-0.39, 0.29) is 13.2 Å². The van der Waals surface area contributed by atoms with E-state index in [1.54, 1.807) is 9.12 Å². The molecule has 0 saturated heterocycles. The summed E-state index contributed by atoms with van der Waals surface area (Å²) in [6, 6.07) is 0. The van der Waals surface area contributed by atoms with Gasteiger partial charge < -0.3 is 10.2 Å². The first-order chi connectivity index (χ1) is 3.41. The SMILES string of the molecule is O=P.OCCCO. The normalized spacial score (nSPS) is 6.57. The number of hydrogen-bond acceptors (Lipinski definition) is 3. The van der Waals surface area contributed by atoms with Crippen LogP contribution < -0.4 is 0 Å². The predicted octanol–water partition coefficient (Wildman–Crippen LogP) is -0.164. The molecule has 3 nitrogen and oxygen atoms in total. The average Bonchev–Trinajstić information content (AvgIpc) is 1.75. The maximum Gasteiger partial charge on any atom is 0.138 e. The highest BCUT2D eigenvalue weighted by molar-refractivity contribution is 7.00. The first kappa shape index (κ1) is 10.1. The molecule has 4 heteroatoms. The Balaban J connectivity index is 0. The van der Waals surface area contributed by atoms with Crippen molar-refractivity contribution in [3.8, 4) is 0 Å². The molecule has 0 fully saturated rings. The first-order valence-electron chi connectivity index (χ1n) is 1.84. The van der Waals surface area contributed by atoms with E-state index in [0.29, 0.717) is 6.42 Å². The lowest BCUT2D eigenvalue weighted by molar-refractivity contribution is 0.221. The Labute approximate surface area is 44.6 Å². The molecule has 0 unspecified atom stereocenters. The van der Waals surface area contributed by atoms with Gasteiger partial charge in [0.25, 0.3) is 0 Å². The van der Waals surface area contributed by atoms with E-state index in [2.05, 4.69) is 0 Å². The number of aliphatic hydroxyl groups excluding tert-OH is 2. The topological polar surface area (TPSA) is 57.5 Å². The summed E-state index contributed by atoms with van der Waals surface area (Å²) in [5.41, 5.74) is 0. The predicted molar refractivity (Wildman–Crippen MR) is 27.8 cm³/mol.